The summed E-state index contributed by atoms with van der Waals surface area (Å²) in [5.41, 5.74) is 8.79. The molecule has 1 unspecified atom stereocenters. The van der Waals surface area contributed by atoms with Crippen molar-refractivity contribution in [2.75, 3.05) is 13.1 Å². The largest absolute Gasteiger partial charge is 0.338 e. The van der Waals surface area contributed by atoms with Crippen molar-refractivity contribution < 1.29 is 13.6 Å². The average molecular weight is 469 g/mol. The first-order valence-corrected chi connectivity index (χ1v) is 11.4. The SMILES string of the molecule is C=C1C=c2c(C)csc2=CC=C1C(=O)N1CCC(N)[C@H](c2cc(C(F)F)nc3ncnn23)C1. The third kappa shape index (κ3) is 3.79. The first-order valence-electron chi connectivity index (χ1n) is 10.5. The lowest BCUT2D eigenvalue weighted by molar-refractivity contribution is -0.128. The molecule has 2 atom stereocenters. The molecule has 0 bridgehead atoms. The van der Waals surface area contributed by atoms with E-state index in [1.54, 1.807) is 16.2 Å². The van der Waals surface area contributed by atoms with Crippen LogP contribution in [-0.4, -0.2) is 49.5 Å². The number of aromatic nitrogens is 4. The van der Waals surface area contributed by atoms with E-state index in [9.17, 15) is 13.6 Å². The highest BCUT2D eigenvalue weighted by atomic mass is 32.1. The van der Waals surface area contributed by atoms with Gasteiger partial charge in [0, 0.05) is 35.2 Å². The van der Waals surface area contributed by atoms with Crippen molar-refractivity contribution in [3.05, 3.63) is 68.3 Å². The number of carbonyl (C=O) groups is 1. The number of aryl methyl sites for hydroxylation is 1. The summed E-state index contributed by atoms with van der Waals surface area (Å²) in [6.45, 7) is 6.89. The molecule has 2 aliphatic rings. The molecule has 4 heterocycles. The van der Waals surface area contributed by atoms with Gasteiger partial charge in [-0.2, -0.15) is 10.1 Å². The molecule has 1 saturated heterocycles. The summed E-state index contributed by atoms with van der Waals surface area (Å²) >= 11 is 1.62. The fraction of sp³-hybridized carbons (Fsp3) is 0.304. The van der Waals surface area contributed by atoms with Crippen LogP contribution in [0.3, 0.4) is 0 Å². The first kappa shape index (κ1) is 21.6. The van der Waals surface area contributed by atoms with Crippen molar-refractivity contribution >= 4 is 35.2 Å². The molecule has 0 aromatic carbocycles. The van der Waals surface area contributed by atoms with Gasteiger partial charge in [0.15, 0.2) is 0 Å². The maximum absolute atomic E-state index is 13.5. The molecule has 3 aromatic rings. The van der Waals surface area contributed by atoms with Gasteiger partial charge < -0.3 is 10.6 Å². The quantitative estimate of drug-likeness (QED) is 0.634. The number of alkyl halides is 2. The van der Waals surface area contributed by atoms with E-state index in [0.717, 1.165) is 15.3 Å². The number of fused-ring (bicyclic) bond motifs is 2. The van der Waals surface area contributed by atoms with E-state index in [4.69, 9.17) is 5.73 Å². The lowest BCUT2D eigenvalue weighted by atomic mass is 9.88. The van der Waals surface area contributed by atoms with Crippen molar-refractivity contribution in [2.45, 2.75) is 31.7 Å². The molecule has 10 heteroatoms. The third-order valence-corrected chi connectivity index (χ3v) is 7.29. The number of nitrogens with two attached hydrogens (primary N) is 1. The molecule has 170 valence electrons. The lowest BCUT2D eigenvalue weighted by Crippen LogP contribution is -2.49. The smallest absolute Gasteiger partial charge is 0.280 e. The average Bonchev–Trinajstić information content (AvgIpc) is 3.36. The van der Waals surface area contributed by atoms with Gasteiger partial charge in [0.05, 0.1) is 5.69 Å². The molecule has 1 amide bonds. The van der Waals surface area contributed by atoms with Crippen molar-refractivity contribution in [2.24, 2.45) is 5.73 Å². The van der Waals surface area contributed by atoms with Gasteiger partial charge in [-0.1, -0.05) is 6.58 Å². The van der Waals surface area contributed by atoms with Gasteiger partial charge in [-0.25, -0.2) is 18.3 Å². The molecule has 0 saturated carbocycles. The summed E-state index contributed by atoms with van der Waals surface area (Å²) in [4.78, 5) is 23.1. The van der Waals surface area contributed by atoms with Gasteiger partial charge in [0.2, 0.25) is 0 Å². The van der Waals surface area contributed by atoms with Crippen LogP contribution in [0.15, 0.2) is 41.6 Å². The predicted molar refractivity (Wildman–Crippen MR) is 122 cm³/mol. The summed E-state index contributed by atoms with van der Waals surface area (Å²) in [5.74, 6) is -0.469. The zero-order valence-electron chi connectivity index (χ0n) is 17.9. The molecule has 2 N–H and O–H groups in total. The minimum Gasteiger partial charge on any atom is -0.338 e. The summed E-state index contributed by atoms with van der Waals surface area (Å²) in [7, 11) is 0. The number of nitrogens with zero attached hydrogens (tertiary/aromatic N) is 5. The van der Waals surface area contributed by atoms with Crippen molar-refractivity contribution in [1.29, 1.82) is 0 Å². The zero-order chi connectivity index (χ0) is 23.3. The highest BCUT2D eigenvalue weighted by Gasteiger charge is 2.34. The Labute approximate surface area is 192 Å². The van der Waals surface area contributed by atoms with E-state index >= 15 is 0 Å². The van der Waals surface area contributed by atoms with E-state index < -0.39 is 12.3 Å². The summed E-state index contributed by atoms with van der Waals surface area (Å²) < 4.78 is 29.4. The van der Waals surface area contributed by atoms with Crippen LogP contribution in [0.1, 0.15) is 35.7 Å². The van der Waals surface area contributed by atoms with Gasteiger partial charge in [0.25, 0.3) is 18.1 Å². The van der Waals surface area contributed by atoms with Gasteiger partial charge in [-0.3, -0.25) is 4.79 Å². The first-order chi connectivity index (χ1) is 15.8. The van der Waals surface area contributed by atoms with Crippen LogP contribution in [0.5, 0.6) is 0 Å². The van der Waals surface area contributed by atoms with E-state index in [1.165, 1.54) is 16.9 Å². The fourth-order valence-corrected chi connectivity index (χ4v) is 5.31. The van der Waals surface area contributed by atoms with Gasteiger partial charge in [0.1, 0.15) is 12.0 Å². The van der Waals surface area contributed by atoms with Crippen molar-refractivity contribution in [1.82, 2.24) is 24.5 Å². The number of halogens is 2. The minimum atomic E-state index is -2.75. The number of rotatable bonds is 3. The molecular weight excluding hydrogens is 446 g/mol. The number of hydrogen-bond acceptors (Lipinski definition) is 6. The second-order valence-electron chi connectivity index (χ2n) is 8.30. The topological polar surface area (TPSA) is 89.4 Å². The predicted octanol–water partition coefficient (Wildman–Crippen LogP) is 1.83. The number of likely N-dealkylation sites (tertiary alicyclic amines) is 1. The van der Waals surface area contributed by atoms with Crippen LogP contribution in [0.4, 0.5) is 8.78 Å². The van der Waals surface area contributed by atoms with Crippen LogP contribution in [-0.2, 0) is 4.79 Å². The molecule has 7 nitrogen and oxygen atoms in total. The molecule has 5 rings (SSSR count). The Bertz CT molecular complexity index is 1420. The Balaban J connectivity index is 1.48. The van der Waals surface area contributed by atoms with Crippen LogP contribution in [0.2, 0.25) is 0 Å². The second kappa shape index (κ2) is 8.27. The Kier molecular flexibility index (Phi) is 5.41. The number of thiophene rings is 1. The maximum Gasteiger partial charge on any atom is 0.280 e. The number of amides is 1. The summed E-state index contributed by atoms with van der Waals surface area (Å²) in [6, 6.07) is 0.991. The molecule has 0 radical (unpaired) electrons. The standard InChI is InChI=1S/C23H22F2N6OS/c1-12-7-15-13(2)10-33-20(15)4-3-14(12)22(32)30-6-5-17(26)16(9-30)19-8-18(21(24)25)29-23-27-11-28-31(19)23/h3-4,7-8,10-11,16-17,21H,1,5-6,9,26H2,2H3/t16-,17?/m1/s1. The zero-order valence-corrected chi connectivity index (χ0v) is 18.7. The monoisotopic (exact) mass is 468 g/mol. The van der Waals surface area contributed by atoms with E-state index in [0.29, 0.717) is 29.8 Å². The third-order valence-electron chi connectivity index (χ3n) is 6.21. The Hall–Kier alpha value is -3.24. The molecule has 0 spiro atoms. The highest BCUT2D eigenvalue weighted by Crippen LogP contribution is 2.30. The Morgan fingerprint density at radius 2 is 2.18 bits per heavy atom. The van der Waals surface area contributed by atoms with E-state index in [2.05, 4.69) is 27.0 Å². The molecular formula is C23H22F2N6OS. The Morgan fingerprint density at radius 3 is 2.97 bits per heavy atom. The fourth-order valence-electron chi connectivity index (χ4n) is 4.38. The van der Waals surface area contributed by atoms with Crippen LogP contribution in [0.25, 0.3) is 17.9 Å². The number of piperidine rings is 1. The summed E-state index contributed by atoms with van der Waals surface area (Å²) in [5, 5.41) is 7.30. The van der Waals surface area contributed by atoms with Crippen LogP contribution >= 0.6 is 11.3 Å². The Morgan fingerprint density at radius 1 is 1.36 bits per heavy atom. The number of hydrogen-bond donors (Lipinski definition) is 1. The van der Waals surface area contributed by atoms with Gasteiger partial charge >= 0.3 is 0 Å². The maximum atomic E-state index is 13.5. The summed E-state index contributed by atoms with van der Waals surface area (Å²) in [6.07, 6.45) is 4.74. The van der Waals surface area contributed by atoms with Gasteiger partial charge in [-0.05, 0) is 59.4 Å². The lowest BCUT2D eigenvalue weighted by Gasteiger charge is -2.37. The molecule has 1 fully saturated rings. The normalized spacial score (nSPS) is 20.8. The van der Waals surface area contributed by atoms with E-state index in [-0.39, 0.29) is 30.0 Å². The number of carbonyl (C=O) groups excluding carboxylic acids is 1. The van der Waals surface area contributed by atoms with E-state index in [1.807, 2.05) is 25.2 Å². The molecule has 3 aromatic heterocycles. The molecule has 1 aliphatic carbocycles. The highest BCUT2D eigenvalue weighted by molar-refractivity contribution is 7.07. The van der Waals surface area contributed by atoms with Crippen LogP contribution < -0.4 is 15.5 Å². The second-order valence-corrected chi connectivity index (χ2v) is 9.21. The molecule has 1 aliphatic heterocycles. The number of allylic oxidation sites excluding steroid dienone is 1. The van der Waals surface area contributed by atoms with Gasteiger partial charge in [-0.15, -0.1) is 11.3 Å². The van der Waals surface area contributed by atoms with Crippen molar-refractivity contribution in [3.8, 4) is 0 Å². The molecule has 33 heavy (non-hydrogen) atoms. The van der Waals surface area contributed by atoms with Crippen molar-refractivity contribution in [3.63, 3.8) is 0 Å². The minimum absolute atomic E-state index is 0.0871. The van der Waals surface area contributed by atoms with Crippen LogP contribution in [0, 0.1) is 6.92 Å².